The van der Waals surface area contributed by atoms with Crippen molar-refractivity contribution >= 4 is 11.9 Å². The molecule has 1 rings (SSSR count). The van der Waals surface area contributed by atoms with E-state index in [2.05, 4.69) is 5.10 Å². The molecule has 22 heavy (non-hydrogen) atoms. The summed E-state index contributed by atoms with van der Waals surface area (Å²) in [6.45, 7) is 13.9. The van der Waals surface area contributed by atoms with E-state index < -0.39 is 17.2 Å². The molecule has 1 amide bonds. The van der Waals surface area contributed by atoms with Gasteiger partial charge in [0.2, 0.25) is 0 Å². The Hall–Kier alpha value is -2.03. The van der Waals surface area contributed by atoms with Gasteiger partial charge in [0.05, 0.1) is 0 Å². The van der Waals surface area contributed by atoms with Crippen molar-refractivity contribution in [3.63, 3.8) is 0 Å². The lowest BCUT2D eigenvalue weighted by molar-refractivity contribution is 0.0547. The molecule has 6 heteroatoms. The third kappa shape index (κ3) is 4.48. The van der Waals surface area contributed by atoms with Crippen LogP contribution in [-0.4, -0.2) is 27.0 Å². The van der Waals surface area contributed by atoms with Crippen LogP contribution in [0.3, 0.4) is 0 Å². The molecule has 0 aliphatic rings. The maximum atomic E-state index is 12.6. The number of carbonyl (C=O) groups excluding carboxylic acids is 1. The summed E-state index contributed by atoms with van der Waals surface area (Å²) in [6.07, 6.45) is 0.410. The summed E-state index contributed by atoms with van der Waals surface area (Å²) in [5, 5.41) is 13.3. The largest absolute Gasteiger partial charge is 0.443 e. The molecule has 0 atom stereocenters. The van der Waals surface area contributed by atoms with Gasteiger partial charge in [-0.1, -0.05) is 6.92 Å². The molecular weight excluding hydrogens is 280 g/mol. The molecule has 122 valence electrons. The molecule has 0 radical (unpaired) electrons. The first-order valence-corrected chi connectivity index (χ1v) is 7.50. The Bertz CT molecular complexity index is 570. The van der Waals surface area contributed by atoms with E-state index >= 15 is 0 Å². The minimum atomic E-state index is -0.589. The van der Waals surface area contributed by atoms with Crippen LogP contribution in [0.1, 0.15) is 60.6 Å². The number of ether oxygens (including phenoxy) is 1. The van der Waals surface area contributed by atoms with Gasteiger partial charge in [-0.25, -0.2) is 9.48 Å². The van der Waals surface area contributed by atoms with E-state index in [1.54, 1.807) is 15.6 Å². The van der Waals surface area contributed by atoms with E-state index in [9.17, 15) is 4.79 Å². The second-order valence-corrected chi connectivity index (χ2v) is 7.21. The fraction of sp³-hybridized carbons (Fsp3) is 0.688. The lowest BCUT2D eigenvalue weighted by Crippen LogP contribution is -2.49. The van der Waals surface area contributed by atoms with Crippen LogP contribution in [0, 0.1) is 11.3 Å². The van der Waals surface area contributed by atoms with Gasteiger partial charge in [0.1, 0.15) is 17.5 Å². The van der Waals surface area contributed by atoms with Gasteiger partial charge < -0.3 is 4.74 Å². The van der Waals surface area contributed by atoms with Crippen LogP contribution in [0.25, 0.3) is 0 Å². The highest BCUT2D eigenvalue weighted by atomic mass is 16.6. The maximum absolute atomic E-state index is 12.6. The molecule has 0 spiro atoms. The second kappa shape index (κ2) is 6.39. The summed E-state index contributed by atoms with van der Waals surface area (Å²) in [7, 11) is 0. The molecule has 0 fully saturated rings. The number of hydrogen-bond donors (Lipinski definition) is 0. The van der Waals surface area contributed by atoms with Crippen molar-refractivity contribution in [1.29, 1.82) is 5.26 Å². The van der Waals surface area contributed by atoms with E-state index in [4.69, 9.17) is 10.00 Å². The average Bonchev–Trinajstić information content (AvgIpc) is 2.68. The second-order valence-electron chi connectivity index (χ2n) is 7.21. The van der Waals surface area contributed by atoms with Gasteiger partial charge in [-0.2, -0.15) is 10.4 Å². The number of hydrogen-bond acceptors (Lipinski definition) is 4. The SMILES string of the molecule is CCCn1nc(C#N)cc1N(C(=O)OC(C)(C)C)C(C)(C)C. The van der Waals surface area contributed by atoms with Crippen molar-refractivity contribution < 1.29 is 9.53 Å². The molecule has 0 N–H and O–H groups in total. The van der Waals surface area contributed by atoms with Gasteiger partial charge in [-0.3, -0.25) is 4.90 Å². The summed E-state index contributed by atoms with van der Waals surface area (Å²) in [4.78, 5) is 14.2. The Morgan fingerprint density at radius 1 is 1.36 bits per heavy atom. The monoisotopic (exact) mass is 306 g/mol. The first-order valence-electron chi connectivity index (χ1n) is 7.50. The van der Waals surface area contributed by atoms with Gasteiger partial charge in [-0.15, -0.1) is 0 Å². The van der Waals surface area contributed by atoms with Crippen LogP contribution in [0.15, 0.2) is 6.07 Å². The van der Waals surface area contributed by atoms with Crippen molar-refractivity contribution in [3.8, 4) is 6.07 Å². The summed E-state index contributed by atoms with van der Waals surface area (Å²) in [5.41, 5.74) is -0.796. The minimum absolute atomic E-state index is 0.293. The molecule has 0 bridgehead atoms. The van der Waals surface area contributed by atoms with E-state index in [-0.39, 0.29) is 0 Å². The number of rotatable bonds is 3. The molecular formula is C16H26N4O2. The highest BCUT2D eigenvalue weighted by Crippen LogP contribution is 2.27. The molecule has 0 aliphatic heterocycles. The Morgan fingerprint density at radius 3 is 2.36 bits per heavy atom. The topological polar surface area (TPSA) is 71.2 Å². The van der Waals surface area contributed by atoms with Crippen LogP contribution in [-0.2, 0) is 11.3 Å². The number of amides is 1. The first-order chi connectivity index (χ1) is 9.99. The smallest absolute Gasteiger partial charge is 0.416 e. The molecule has 1 aromatic rings. The highest BCUT2D eigenvalue weighted by molar-refractivity contribution is 5.88. The predicted octanol–water partition coefficient (Wildman–Crippen LogP) is 3.70. The Morgan fingerprint density at radius 2 is 1.95 bits per heavy atom. The van der Waals surface area contributed by atoms with Gasteiger partial charge in [0.15, 0.2) is 5.69 Å². The molecule has 0 saturated heterocycles. The third-order valence-electron chi connectivity index (χ3n) is 2.78. The van der Waals surface area contributed by atoms with Crippen molar-refractivity contribution in [2.24, 2.45) is 0 Å². The maximum Gasteiger partial charge on any atom is 0.416 e. The fourth-order valence-electron chi connectivity index (χ4n) is 2.04. The van der Waals surface area contributed by atoms with Gasteiger partial charge >= 0.3 is 6.09 Å². The molecule has 0 unspecified atom stereocenters. The predicted molar refractivity (Wildman–Crippen MR) is 85.7 cm³/mol. The quantitative estimate of drug-likeness (QED) is 0.853. The van der Waals surface area contributed by atoms with Gasteiger partial charge in [0.25, 0.3) is 0 Å². The molecule has 0 saturated carbocycles. The highest BCUT2D eigenvalue weighted by Gasteiger charge is 2.34. The third-order valence-corrected chi connectivity index (χ3v) is 2.78. The van der Waals surface area contributed by atoms with Gasteiger partial charge in [0, 0.05) is 18.2 Å². The standard InChI is InChI=1S/C16H26N4O2/c1-8-9-19-13(10-12(11-17)18-19)20(15(2,3)4)14(21)22-16(5,6)7/h10H,8-9H2,1-7H3. The lowest BCUT2D eigenvalue weighted by Gasteiger charge is -2.36. The van der Waals surface area contributed by atoms with E-state index in [1.807, 2.05) is 54.5 Å². The van der Waals surface area contributed by atoms with Crippen LogP contribution < -0.4 is 4.90 Å². The zero-order chi connectivity index (χ0) is 17.1. The summed E-state index contributed by atoms with van der Waals surface area (Å²) >= 11 is 0. The molecule has 6 nitrogen and oxygen atoms in total. The van der Waals surface area contributed by atoms with E-state index in [0.717, 1.165) is 6.42 Å². The number of nitriles is 1. The Labute approximate surface area is 132 Å². The zero-order valence-corrected chi connectivity index (χ0v) is 14.6. The molecule has 1 aromatic heterocycles. The first kappa shape index (κ1) is 18.0. The zero-order valence-electron chi connectivity index (χ0n) is 14.6. The van der Waals surface area contributed by atoms with Gasteiger partial charge in [-0.05, 0) is 48.0 Å². The van der Waals surface area contributed by atoms with Crippen molar-refractivity contribution in [3.05, 3.63) is 11.8 Å². The van der Waals surface area contributed by atoms with Crippen LogP contribution in [0.2, 0.25) is 0 Å². The summed E-state index contributed by atoms with van der Waals surface area (Å²) < 4.78 is 7.21. The summed E-state index contributed by atoms with van der Waals surface area (Å²) in [5.74, 6) is 0.583. The normalized spacial score (nSPS) is 11.9. The van der Waals surface area contributed by atoms with Crippen molar-refractivity contribution in [2.75, 3.05) is 4.90 Å². The van der Waals surface area contributed by atoms with E-state index in [1.165, 1.54) is 0 Å². The van der Waals surface area contributed by atoms with Crippen molar-refractivity contribution in [2.45, 2.75) is 72.6 Å². The average molecular weight is 306 g/mol. The molecule has 0 aromatic carbocycles. The van der Waals surface area contributed by atoms with Crippen LogP contribution in [0.4, 0.5) is 10.6 Å². The Balaban J connectivity index is 3.32. The fourth-order valence-corrected chi connectivity index (χ4v) is 2.04. The lowest BCUT2D eigenvalue weighted by atomic mass is 10.1. The number of nitrogens with zero attached hydrogens (tertiary/aromatic N) is 4. The van der Waals surface area contributed by atoms with E-state index in [0.29, 0.717) is 18.1 Å². The van der Waals surface area contributed by atoms with Crippen molar-refractivity contribution in [1.82, 2.24) is 9.78 Å². The number of aryl methyl sites for hydroxylation is 1. The molecule has 1 heterocycles. The number of anilines is 1. The van der Waals surface area contributed by atoms with Crippen LogP contribution in [0.5, 0.6) is 0 Å². The van der Waals surface area contributed by atoms with Crippen LogP contribution >= 0.6 is 0 Å². The minimum Gasteiger partial charge on any atom is -0.443 e. The number of aromatic nitrogens is 2. The Kier molecular flexibility index (Phi) is 5.23. The molecule has 0 aliphatic carbocycles. The number of carbonyl (C=O) groups is 1. The summed E-state index contributed by atoms with van der Waals surface area (Å²) in [6, 6.07) is 3.66.